The Balaban J connectivity index is 1.68. The van der Waals surface area contributed by atoms with Gasteiger partial charge in [0.05, 0.1) is 32.5 Å². The molecule has 9 heteroatoms. The molecule has 5 rings (SSSR count). The van der Waals surface area contributed by atoms with Crippen molar-refractivity contribution in [2.45, 2.75) is 32.9 Å². The maximum absolute atomic E-state index is 13.6. The van der Waals surface area contributed by atoms with Crippen molar-refractivity contribution >= 4 is 11.6 Å². The van der Waals surface area contributed by atoms with E-state index in [1.807, 2.05) is 12.3 Å². The Morgan fingerprint density at radius 1 is 0.943 bits per heavy atom. The molecule has 2 heterocycles. The van der Waals surface area contributed by atoms with Gasteiger partial charge in [-0.2, -0.15) is 0 Å². The zero-order chi connectivity index (χ0) is 24.5. The number of aryl methyl sites for hydroxylation is 1. The minimum atomic E-state index is -0.283. The van der Waals surface area contributed by atoms with Crippen LogP contribution in [0.25, 0.3) is 11.4 Å². The number of benzene rings is 2. The van der Waals surface area contributed by atoms with Gasteiger partial charge >= 0.3 is 0 Å². The largest absolute Gasteiger partial charge is 0.497 e. The lowest BCUT2D eigenvalue weighted by atomic mass is 9.90. The molecule has 0 aliphatic heterocycles. The van der Waals surface area contributed by atoms with Gasteiger partial charge in [0.25, 0.3) is 0 Å². The number of aromatic nitrogens is 5. The van der Waals surface area contributed by atoms with E-state index in [2.05, 4.69) is 22.2 Å². The molecule has 0 radical (unpaired) electrons. The quantitative estimate of drug-likeness (QED) is 0.339. The third-order valence-corrected chi connectivity index (χ3v) is 6.11. The highest BCUT2D eigenvalue weighted by Crippen LogP contribution is 2.37. The van der Waals surface area contributed by atoms with E-state index in [1.165, 1.54) is 0 Å². The summed E-state index contributed by atoms with van der Waals surface area (Å²) < 4.78 is 14.5. The third kappa shape index (κ3) is 3.88. The normalized spacial score (nSPS) is 12.4. The molecule has 0 spiro atoms. The van der Waals surface area contributed by atoms with E-state index in [4.69, 9.17) is 9.47 Å². The van der Waals surface area contributed by atoms with Gasteiger partial charge in [0.15, 0.2) is 0 Å². The van der Waals surface area contributed by atoms with Gasteiger partial charge in [-0.15, -0.1) is 5.10 Å². The first-order valence-electron chi connectivity index (χ1n) is 11.5. The number of carbonyl (C=O) groups is 2. The van der Waals surface area contributed by atoms with Crippen molar-refractivity contribution in [1.29, 1.82) is 0 Å². The number of ether oxygens (including phenoxy) is 2. The van der Waals surface area contributed by atoms with E-state index in [1.54, 1.807) is 59.9 Å². The highest BCUT2D eigenvalue weighted by atomic mass is 16.5. The third-order valence-electron chi connectivity index (χ3n) is 6.11. The standard InChI is InChI=1S/C26H25N5O4/c1-4-5-12-30-14-16(28-29-30)15-31-23-22(24(32)18-8-6-7-9-19(18)25(23)33)27-26(31)20-11-10-17(34-2)13-21(20)35-3/h6-11,13-14H,4-5,12,15H2,1-3H3. The predicted octanol–water partition coefficient (Wildman–Crippen LogP) is 3.78. The van der Waals surface area contributed by atoms with Crippen LogP contribution < -0.4 is 9.47 Å². The Kier molecular flexibility index (Phi) is 5.90. The predicted molar refractivity (Wildman–Crippen MR) is 128 cm³/mol. The number of ketones is 2. The van der Waals surface area contributed by atoms with Crippen molar-refractivity contribution in [1.82, 2.24) is 24.5 Å². The minimum Gasteiger partial charge on any atom is -0.497 e. The Hall–Kier alpha value is -4.27. The second kappa shape index (κ2) is 9.17. The molecule has 9 nitrogen and oxygen atoms in total. The first kappa shape index (κ1) is 22.5. The van der Waals surface area contributed by atoms with E-state index in [0.29, 0.717) is 39.7 Å². The molecule has 2 aromatic heterocycles. The number of carbonyl (C=O) groups excluding carboxylic acids is 2. The monoisotopic (exact) mass is 471 g/mol. The van der Waals surface area contributed by atoms with Crippen molar-refractivity contribution < 1.29 is 19.1 Å². The Morgan fingerprint density at radius 2 is 1.71 bits per heavy atom. The zero-order valence-corrected chi connectivity index (χ0v) is 19.8. The summed E-state index contributed by atoms with van der Waals surface area (Å²) in [6, 6.07) is 12.2. The van der Waals surface area contributed by atoms with Gasteiger partial charge in [0, 0.05) is 23.7 Å². The molecule has 2 aromatic carbocycles. The van der Waals surface area contributed by atoms with Crippen molar-refractivity contribution in [3.8, 4) is 22.9 Å². The lowest BCUT2D eigenvalue weighted by molar-refractivity contribution is 0.0971. The summed E-state index contributed by atoms with van der Waals surface area (Å²) in [6.45, 7) is 3.10. The summed E-state index contributed by atoms with van der Waals surface area (Å²) in [5, 5.41) is 8.52. The molecule has 1 aliphatic rings. The average Bonchev–Trinajstić information content (AvgIpc) is 3.50. The van der Waals surface area contributed by atoms with Crippen LogP contribution in [0.3, 0.4) is 0 Å². The van der Waals surface area contributed by atoms with Gasteiger partial charge in [-0.05, 0) is 18.6 Å². The Bertz CT molecular complexity index is 1440. The van der Waals surface area contributed by atoms with Crippen LogP contribution in [0.4, 0.5) is 0 Å². The van der Waals surface area contributed by atoms with Crippen LogP contribution >= 0.6 is 0 Å². The number of nitrogens with zero attached hydrogens (tertiary/aromatic N) is 5. The highest BCUT2D eigenvalue weighted by Gasteiger charge is 2.36. The van der Waals surface area contributed by atoms with Crippen LogP contribution in [-0.4, -0.2) is 50.3 Å². The van der Waals surface area contributed by atoms with Crippen molar-refractivity contribution in [2.75, 3.05) is 14.2 Å². The number of unbranched alkanes of at least 4 members (excludes halogenated alkanes) is 1. The van der Waals surface area contributed by atoms with Crippen LogP contribution in [0.5, 0.6) is 11.5 Å². The molecule has 0 fully saturated rings. The summed E-state index contributed by atoms with van der Waals surface area (Å²) in [4.78, 5) is 31.7. The lowest BCUT2D eigenvalue weighted by Crippen LogP contribution is -2.23. The number of methoxy groups -OCH3 is 2. The second-order valence-corrected chi connectivity index (χ2v) is 8.32. The van der Waals surface area contributed by atoms with Gasteiger partial charge in [-0.3, -0.25) is 14.3 Å². The average molecular weight is 472 g/mol. The van der Waals surface area contributed by atoms with E-state index in [-0.39, 0.29) is 29.5 Å². The lowest BCUT2D eigenvalue weighted by Gasteiger charge is -2.16. The molecule has 0 saturated carbocycles. The molecule has 4 aromatic rings. The van der Waals surface area contributed by atoms with E-state index < -0.39 is 0 Å². The number of hydrogen-bond donors (Lipinski definition) is 0. The smallest absolute Gasteiger partial charge is 0.214 e. The fourth-order valence-electron chi connectivity index (χ4n) is 4.32. The van der Waals surface area contributed by atoms with Crippen molar-refractivity contribution in [3.05, 3.63) is 76.9 Å². The molecule has 0 saturated heterocycles. The maximum atomic E-state index is 13.6. The van der Waals surface area contributed by atoms with Crippen LogP contribution in [0.2, 0.25) is 0 Å². The van der Waals surface area contributed by atoms with Crippen LogP contribution in [0.1, 0.15) is 57.6 Å². The molecule has 0 bridgehead atoms. The summed E-state index contributed by atoms with van der Waals surface area (Å²) in [6.07, 6.45) is 3.89. The topological polar surface area (TPSA) is 101 Å². The van der Waals surface area contributed by atoms with Crippen LogP contribution in [-0.2, 0) is 13.1 Å². The first-order chi connectivity index (χ1) is 17.0. The van der Waals surface area contributed by atoms with Gasteiger partial charge in [-0.1, -0.05) is 42.8 Å². The molecular weight excluding hydrogens is 446 g/mol. The van der Waals surface area contributed by atoms with Crippen molar-refractivity contribution in [2.24, 2.45) is 0 Å². The number of imidazole rings is 1. The van der Waals surface area contributed by atoms with Gasteiger partial charge in [0.2, 0.25) is 11.6 Å². The zero-order valence-electron chi connectivity index (χ0n) is 19.8. The summed E-state index contributed by atoms with van der Waals surface area (Å²) in [5.74, 6) is 1.03. The van der Waals surface area contributed by atoms with Crippen LogP contribution in [0, 0.1) is 0 Å². The Labute approximate surface area is 202 Å². The maximum Gasteiger partial charge on any atom is 0.214 e. The van der Waals surface area contributed by atoms with Crippen molar-refractivity contribution in [3.63, 3.8) is 0 Å². The summed E-state index contributed by atoms with van der Waals surface area (Å²) in [7, 11) is 3.13. The second-order valence-electron chi connectivity index (χ2n) is 8.32. The molecule has 178 valence electrons. The van der Waals surface area contributed by atoms with E-state index in [9.17, 15) is 9.59 Å². The summed E-state index contributed by atoms with van der Waals surface area (Å²) >= 11 is 0. The van der Waals surface area contributed by atoms with Gasteiger partial charge in [-0.25, -0.2) is 4.98 Å². The van der Waals surface area contributed by atoms with E-state index in [0.717, 1.165) is 19.4 Å². The number of rotatable bonds is 8. The van der Waals surface area contributed by atoms with Gasteiger partial charge in [0.1, 0.15) is 34.4 Å². The first-order valence-corrected chi connectivity index (χ1v) is 11.5. The molecule has 1 aliphatic carbocycles. The molecule has 0 amide bonds. The van der Waals surface area contributed by atoms with Gasteiger partial charge < -0.3 is 14.0 Å². The molecule has 0 atom stereocenters. The van der Waals surface area contributed by atoms with Crippen LogP contribution in [0.15, 0.2) is 48.7 Å². The number of hydrogen-bond acceptors (Lipinski definition) is 7. The summed E-state index contributed by atoms with van der Waals surface area (Å²) in [5.41, 5.74) is 2.38. The fraction of sp³-hybridized carbons (Fsp3) is 0.269. The SMILES string of the molecule is CCCCn1cc(Cn2c(-c3ccc(OC)cc3OC)nc3c2C(=O)c2ccccc2C3=O)nn1. The van der Waals surface area contributed by atoms with E-state index >= 15 is 0 Å². The highest BCUT2D eigenvalue weighted by molar-refractivity contribution is 6.27. The molecule has 0 N–H and O–H groups in total. The number of fused-ring (bicyclic) bond motifs is 2. The molecule has 0 unspecified atom stereocenters. The molecule has 35 heavy (non-hydrogen) atoms. The fourth-order valence-corrected chi connectivity index (χ4v) is 4.32. The molecular formula is C26H25N5O4. The minimum absolute atomic E-state index is 0.125. The Morgan fingerprint density at radius 3 is 2.43 bits per heavy atom.